The van der Waals surface area contributed by atoms with E-state index in [1.54, 1.807) is 0 Å². The van der Waals surface area contributed by atoms with E-state index in [0.29, 0.717) is 24.9 Å². The van der Waals surface area contributed by atoms with Gasteiger partial charge in [-0.05, 0) is 106 Å². The Balaban J connectivity index is 1.78. The molecule has 3 N–H and O–H groups in total. The lowest BCUT2D eigenvalue weighted by Gasteiger charge is -2.52. The van der Waals surface area contributed by atoms with Crippen LogP contribution in [-0.2, 0) is 10.2 Å². The van der Waals surface area contributed by atoms with E-state index in [1.807, 2.05) is 0 Å². The van der Waals surface area contributed by atoms with Crippen molar-refractivity contribution in [3.8, 4) is 5.75 Å². The maximum atomic E-state index is 14.2. The number of hydrogen-bond donors (Lipinski definition) is 2. The molecule has 1 saturated heterocycles. The standard InChI is InChI=1S/C27H43N3O2/c1-18(2)20-5-7-21(8-6-20)25-23-17-22(32-19(3)4)9-10-24(23)27(11-14-29-15-12-27)26(31)30(25)16-13-28/h9-10,17-21,25,29H,5-8,11-16,28H2,1-4H3. The largest absolute Gasteiger partial charge is 0.491 e. The van der Waals surface area contributed by atoms with Crippen LogP contribution in [0.3, 0.4) is 0 Å². The van der Waals surface area contributed by atoms with E-state index >= 15 is 0 Å². The summed E-state index contributed by atoms with van der Waals surface area (Å²) in [5, 5.41) is 3.46. The molecule has 2 aliphatic heterocycles. The number of nitrogens with two attached hydrogens (primary N) is 1. The Labute approximate surface area is 194 Å². The van der Waals surface area contributed by atoms with Crippen LogP contribution in [0.4, 0.5) is 0 Å². The van der Waals surface area contributed by atoms with Gasteiger partial charge in [-0.1, -0.05) is 19.9 Å². The molecule has 0 bridgehead atoms. The van der Waals surface area contributed by atoms with Gasteiger partial charge in [0.15, 0.2) is 0 Å². The van der Waals surface area contributed by atoms with Gasteiger partial charge in [0.2, 0.25) is 5.91 Å². The molecular weight excluding hydrogens is 398 g/mol. The van der Waals surface area contributed by atoms with E-state index < -0.39 is 5.41 Å². The molecule has 0 aromatic heterocycles. The molecule has 5 nitrogen and oxygen atoms in total. The highest BCUT2D eigenvalue weighted by Crippen LogP contribution is 2.51. The molecule has 1 unspecified atom stereocenters. The highest BCUT2D eigenvalue weighted by atomic mass is 16.5. The lowest BCUT2D eigenvalue weighted by atomic mass is 9.63. The summed E-state index contributed by atoms with van der Waals surface area (Å²) in [7, 11) is 0. The Bertz CT molecular complexity index is 792. The van der Waals surface area contributed by atoms with Gasteiger partial charge in [-0.25, -0.2) is 0 Å². The highest BCUT2D eigenvalue weighted by molar-refractivity contribution is 5.91. The molecule has 0 radical (unpaired) electrons. The third-order valence-corrected chi connectivity index (χ3v) is 8.27. The summed E-state index contributed by atoms with van der Waals surface area (Å²) in [6.45, 7) is 11.8. The van der Waals surface area contributed by atoms with Crippen LogP contribution in [0.2, 0.25) is 0 Å². The molecule has 1 amide bonds. The molecule has 3 aliphatic rings. The second-order valence-electron chi connectivity index (χ2n) is 10.9. The van der Waals surface area contributed by atoms with E-state index in [2.05, 4.69) is 56.1 Å². The van der Waals surface area contributed by atoms with Crippen LogP contribution in [0.25, 0.3) is 0 Å². The first-order valence-corrected chi connectivity index (χ1v) is 12.9. The van der Waals surface area contributed by atoms with Crippen molar-refractivity contribution in [2.24, 2.45) is 23.5 Å². The monoisotopic (exact) mass is 441 g/mol. The van der Waals surface area contributed by atoms with Gasteiger partial charge < -0.3 is 20.7 Å². The molecule has 1 atom stereocenters. The van der Waals surface area contributed by atoms with Crippen LogP contribution in [0.1, 0.15) is 83.4 Å². The summed E-state index contributed by atoms with van der Waals surface area (Å²) < 4.78 is 6.12. The number of amides is 1. The van der Waals surface area contributed by atoms with Crippen molar-refractivity contribution < 1.29 is 9.53 Å². The van der Waals surface area contributed by atoms with Crippen molar-refractivity contribution in [3.05, 3.63) is 29.3 Å². The third-order valence-electron chi connectivity index (χ3n) is 8.27. The molecule has 1 aromatic rings. The minimum absolute atomic E-state index is 0.116. The Hall–Kier alpha value is -1.59. The number of ether oxygens (including phenoxy) is 1. The fraction of sp³-hybridized carbons (Fsp3) is 0.741. The van der Waals surface area contributed by atoms with Crippen LogP contribution in [-0.4, -0.2) is 43.1 Å². The summed E-state index contributed by atoms with van der Waals surface area (Å²) in [6, 6.07) is 6.67. The average molecular weight is 442 g/mol. The van der Waals surface area contributed by atoms with Crippen LogP contribution in [0.15, 0.2) is 18.2 Å². The predicted octanol–water partition coefficient (Wildman–Crippen LogP) is 4.40. The number of nitrogens with zero attached hydrogens (tertiary/aromatic N) is 1. The molecule has 2 heterocycles. The molecule has 1 aliphatic carbocycles. The normalized spacial score (nSPS) is 27.8. The lowest BCUT2D eigenvalue weighted by Crippen LogP contribution is -2.58. The number of piperidine rings is 1. The third kappa shape index (κ3) is 4.31. The maximum absolute atomic E-state index is 14.2. The van der Waals surface area contributed by atoms with Gasteiger partial charge in [0, 0.05) is 13.1 Å². The van der Waals surface area contributed by atoms with Gasteiger partial charge >= 0.3 is 0 Å². The van der Waals surface area contributed by atoms with E-state index in [1.165, 1.54) is 36.8 Å². The van der Waals surface area contributed by atoms with E-state index in [-0.39, 0.29) is 12.1 Å². The Morgan fingerprint density at radius 1 is 1.12 bits per heavy atom. The fourth-order valence-electron chi connectivity index (χ4n) is 6.60. The fourth-order valence-corrected chi connectivity index (χ4v) is 6.60. The van der Waals surface area contributed by atoms with Crippen molar-refractivity contribution in [2.75, 3.05) is 26.2 Å². The van der Waals surface area contributed by atoms with Gasteiger partial charge in [-0.3, -0.25) is 4.79 Å². The zero-order valence-electron chi connectivity index (χ0n) is 20.5. The highest BCUT2D eigenvalue weighted by Gasteiger charge is 2.52. The number of benzene rings is 1. The summed E-state index contributed by atoms with van der Waals surface area (Å²) >= 11 is 0. The quantitative estimate of drug-likeness (QED) is 0.687. The number of hydrogen-bond acceptors (Lipinski definition) is 4. The summed E-state index contributed by atoms with van der Waals surface area (Å²) in [5.41, 5.74) is 8.24. The molecule has 1 aromatic carbocycles. The number of nitrogens with one attached hydrogen (secondary N) is 1. The second-order valence-corrected chi connectivity index (χ2v) is 10.9. The van der Waals surface area contributed by atoms with Gasteiger partial charge in [-0.2, -0.15) is 0 Å². The Morgan fingerprint density at radius 2 is 1.81 bits per heavy atom. The molecule has 2 fully saturated rings. The van der Waals surface area contributed by atoms with Crippen molar-refractivity contribution in [1.82, 2.24) is 10.2 Å². The van der Waals surface area contributed by atoms with Gasteiger partial charge in [0.1, 0.15) is 5.75 Å². The van der Waals surface area contributed by atoms with Gasteiger partial charge in [0.05, 0.1) is 17.6 Å². The first-order valence-electron chi connectivity index (χ1n) is 12.9. The van der Waals surface area contributed by atoms with Crippen LogP contribution < -0.4 is 15.8 Å². The molecule has 5 heteroatoms. The second kappa shape index (κ2) is 9.72. The average Bonchev–Trinajstić information content (AvgIpc) is 2.78. The van der Waals surface area contributed by atoms with Crippen molar-refractivity contribution >= 4 is 5.91 Å². The van der Waals surface area contributed by atoms with Crippen molar-refractivity contribution in [3.63, 3.8) is 0 Å². The first kappa shape index (κ1) is 23.6. The number of rotatable bonds is 6. The van der Waals surface area contributed by atoms with Crippen molar-refractivity contribution in [2.45, 2.75) is 83.8 Å². The molecule has 1 spiro atoms. The van der Waals surface area contributed by atoms with Gasteiger partial charge in [0.25, 0.3) is 0 Å². The number of carbonyl (C=O) groups excluding carboxylic acids is 1. The van der Waals surface area contributed by atoms with E-state index in [4.69, 9.17) is 10.5 Å². The zero-order chi connectivity index (χ0) is 22.9. The molecular formula is C27H43N3O2. The van der Waals surface area contributed by atoms with Crippen LogP contribution in [0.5, 0.6) is 5.75 Å². The summed E-state index contributed by atoms with van der Waals surface area (Å²) in [6.07, 6.45) is 6.74. The topological polar surface area (TPSA) is 67.6 Å². The predicted molar refractivity (Wildman–Crippen MR) is 130 cm³/mol. The van der Waals surface area contributed by atoms with E-state index in [9.17, 15) is 4.79 Å². The molecule has 4 rings (SSSR count). The molecule has 178 valence electrons. The van der Waals surface area contributed by atoms with Crippen LogP contribution >= 0.6 is 0 Å². The molecule has 1 saturated carbocycles. The Morgan fingerprint density at radius 3 is 2.41 bits per heavy atom. The number of fused-ring (bicyclic) bond motifs is 2. The minimum atomic E-state index is -0.419. The zero-order valence-corrected chi connectivity index (χ0v) is 20.5. The molecule has 32 heavy (non-hydrogen) atoms. The maximum Gasteiger partial charge on any atom is 0.233 e. The number of carbonyl (C=O) groups is 1. The van der Waals surface area contributed by atoms with Gasteiger partial charge in [-0.15, -0.1) is 0 Å². The van der Waals surface area contributed by atoms with Crippen molar-refractivity contribution in [1.29, 1.82) is 0 Å². The SMILES string of the molecule is CC(C)Oc1ccc2c(c1)C(C1CCC(C(C)C)CC1)N(CCN)C(=O)C21CCNCC1. The minimum Gasteiger partial charge on any atom is -0.491 e. The van der Waals surface area contributed by atoms with E-state index in [0.717, 1.165) is 43.5 Å². The first-order chi connectivity index (χ1) is 15.4. The summed E-state index contributed by atoms with van der Waals surface area (Å²) in [5.74, 6) is 3.27. The Kier molecular flexibility index (Phi) is 7.16. The van der Waals surface area contributed by atoms with Crippen LogP contribution in [0, 0.1) is 17.8 Å². The smallest absolute Gasteiger partial charge is 0.233 e. The lowest BCUT2D eigenvalue weighted by molar-refractivity contribution is -0.145. The summed E-state index contributed by atoms with van der Waals surface area (Å²) in [4.78, 5) is 16.3.